The molecule has 2 N–H and O–H groups in total. The minimum Gasteiger partial charge on any atom is -0.396 e. The molecule has 0 aliphatic rings. The molecule has 2 aromatic rings. The molecule has 2 heterocycles. The van der Waals surface area contributed by atoms with Crippen LogP contribution in [-0.2, 0) is 0 Å². The Balaban J connectivity index is 2.30. The lowest BCUT2D eigenvalue weighted by Gasteiger charge is -2.13. The first-order valence-corrected chi connectivity index (χ1v) is 4.96. The molecule has 2 rings (SSSR count). The van der Waals surface area contributed by atoms with Gasteiger partial charge in [0.1, 0.15) is 0 Å². The van der Waals surface area contributed by atoms with Crippen molar-refractivity contribution in [2.45, 2.75) is 19.4 Å². The zero-order valence-corrected chi connectivity index (χ0v) is 8.59. The van der Waals surface area contributed by atoms with Crippen LogP contribution >= 0.6 is 0 Å². The smallest absolute Gasteiger partial charge is 0.176 e. The second-order valence-electron chi connectivity index (χ2n) is 3.46. The van der Waals surface area contributed by atoms with Crippen molar-refractivity contribution >= 4 is 0 Å². The Bertz CT molecular complexity index is 407. The summed E-state index contributed by atoms with van der Waals surface area (Å²) < 4.78 is 2.01. The van der Waals surface area contributed by atoms with Crippen LogP contribution in [0.1, 0.15) is 19.4 Å². The van der Waals surface area contributed by atoms with Gasteiger partial charge in [-0.1, -0.05) is 0 Å². The number of hydrogen-bond donors (Lipinski definition) is 2. The van der Waals surface area contributed by atoms with Gasteiger partial charge in [0.15, 0.2) is 11.6 Å². The molecule has 0 amide bonds. The highest BCUT2D eigenvalue weighted by Gasteiger charge is 2.12. The first-order valence-electron chi connectivity index (χ1n) is 4.96. The van der Waals surface area contributed by atoms with E-state index in [-0.39, 0.29) is 12.6 Å². The molecule has 5 nitrogen and oxygen atoms in total. The van der Waals surface area contributed by atoms with E-state index < -0.39 is 0 Å². The molecule has 15 heavy (non-hydrogen) atoms. The molecular formula is C10H14N4O. The predicted octanol–water partition coefficient (Wildman–Crippen LogP) is 1.22. The molecule has 0 aromatic carbocycles. The molecule has 0 spiro atoms. The standard InChI is InChI=1S/C10H14N4O/c1-8(2-7-15)14-6-5-13-10(14)9-11-3-4-12-9/h3-6,8,15H,2,7H2,1H3,(H,11,12). The van der Waals surface area contributed by atoms with E-state index in [2.05, 4.69) is 15.0 Å². The SMILES string of the molecule is CC(CCO)n1ccnc1-c1ncc[nH]1. The van der Waals surface area contributed by atoms with Crippen LogP contribution in [0.15, 0.2) is 24.8 Å². The lowest BCUT2D eigenvalue weighted by Crippen LogP contribution is -2.08. The third-order valence-electron chi connectivity index (χ3n) is 2.40. The molecule has 0 fully saturated rings. The summed E-state index contributed by atoms with van der Waals surface area (Å²) in [6.45, 7) is 2.22. The van der Waals surface area contributed by atoms with Crippen molar-refractivity contribution in [3.05, 3.63) is 24.8 Å². The van der Waals surface area contributed by atoms with Crippen LogP contribution in [0, 0.1) is 0 Å². The number of nitrogens with one attached hydrogen (secondary N) is 1. The minimum atomic E-state index is 0.178. The van der Waals surface area contributed by atoms with E-state index in [4.69, 9.17) is 5.11 Å². The molecule has 0 radical (unpaired) electrons. The maximum absolute atomic E-state index is 8.90. The molecule has 0 saturated heterocycles. The topological polar surface area (TPSA) is 66.7 Å². The van der Waals surface area contributed by atoms with E-state index in [0.717, 1.165) is 11.6 Å². The van der Waals surface area contributed by atoms with E-state index in [1.165, 1.54) is 0 Å². The van der Waals surface area contributed by atoms with E-state index in [1.54, 1.807) is 18.6 Å². The first kappa shape index (κ1) is 9.92. The van der Waals surface area contributed by atoms with Gasteiger partial charge in [0.05, 0.1) is 0 Å². The number of imidazole rings is 2. The largest absolute Gasteiger partial charge is 0.396 e. The van der Waals surface area contributed by atoms with Crippen molar-refractivity contribution in [2.75, 3.05) is 6.61 Å². The molecule has 0 aliphatic carbocycles. The summed E-state index contributed by atoms with van der Waals surface area (Å²) in [5.41, 5.74) is 0. The Labute approximate surface area is 87.8 Å². The van der Waals surface area contributed by atoms with E-state index in [0.29, 0.717) is 6.42 Å². The maximum atomic E-state index is 8.90. The lowest BCUT2D eigenvalue weighted by atomic mass is 10.2. The summed E-state index contributed by atoms with van der Waals surface area (Å²) in [5, 5.41) is 8.90. The third kappa shape index (κ3) is 1.92. The third-order valence-corrected chi connectivity index (χ3v) is 2.40. The maximum Gasteiger partial charge on any atom is 0.176 e. The molecule has 0 aliphatic heterocycles. The van der Waals surface area contributed by atoms with Crippen LogP contribution in [0.2, 0.25) is 0 Å². The van der Waals surface area contributed by atoms with Gasteiger partial charge in [0.2, 0.25) is 0 Å². The monoisotopic (exact) mass is 206 g/mol. The molecule has 2 aromatic heterocycles. The fourth-order valence-electron chi connectivity index (χ4n) is 1.57. The van der Waals surface area contributed by atoms with Crippen molar-refractivity contribution in [2.24, 2.45) is 0 Å². The van der Waals surface area contributed by atoms with Crippen molar-refractivity contribution in [3.63, 3.8) is 0 Å². The second kappa shape index (κ2) is 4.27. The van der Waals surface area contributed by atoms with Crippen LogP contribution in [-0.4, -0.2) is 31.2 Å². The zero-order chi connectivity index (χ0) is 10.7. The Morgan fingerprint density at radius 1 is 1.47 bits per heavy atom. The van der Waals surface area contributed by atoms with Gasteiger partial charge >= 0.3 is 0 Å². The van der Waals surface area contributed by atoms with Gasteiger partial charge in [-0.3, -0.25) is 0 Å². The lowest BCUT2D eigenvalue weighted by molar-refractivity contribution is 0.263. The van der Waals surface area contributed by atoms with Crippen LogP contribution < -0.4 is 0 Å². The summed E-state index contributed by atoms with van der Waals surface area (Å²) in [6, 6.07) is 0.220. The van der Waals surface area contributed by atoms with Crippen molar-refractivity contribution in [3.8, 4) is 11.6 Å². The Hall–Kier alpha value is -1.62. The van der Waals surface area contributed by atoms with Gasteiger partial charge in [-0.15, -0.1) is 0 Å². The highest BCUT2D eigenvalue weighted by atomic mass is 16.3. The number of rotatable bonds is 4. The fourth-order valence-corrected chi connectivity index (χ4v) is 1.57. The second-order valence-corrected chi connectivity index (χ2v) is 3.46. The normalized spacial score (nSPS) is 12.9. The molecule has 5 heteroatoms. The Kier molecular flexibility index (Phi) is 2.82. The summed E-state index contributed by atoms with van der Waals surface area (Å²) >= 11 is 0. The predicted molar refractivity (Wildman–Crippen MR) is 56.2 cm³/mol. The number of aromatic nitrogens is 4. The van der Waals surface area contributed by atoms with Gasteiger partial charge in [-0.25, -0.2) is 9.97 Å². The minimum absolute atomic E-state index is 0.178. The van der Waals surface area contributed by atoms with Gasteiger partial charge < -0.3 is 14.7 Å². The summed E-state index contributed by atoms with van der Waals surface area (Å²) in [5.74, 6) is 1.56. The molecular weight excluding hydrogens is 192 g/mol. The fraction of sp³-hybridized carbons (Fsp3) is 0.400. The highest BCUT2D eigenvalue weighted by Crippen LogP contribution is 2.19. The van der Waals surface area contributed by atoms with Gasteiger partial charge in [-0.05, 0) is 13.3 Å². The zero-order valence-electron chi connectivity index (χ0n) is 8.59. The Morgan fingerprint density at radius 3 is 3.00 bits per heavy atom. The van der Waals surface area contributed by atoms with Crippen molar-refractivity contribution in [1.29, 1.82) is 0 Å². The number of aliphatic hydroxyl groups excluding tert-OH is 1. The highest BCUT2D eigenvalue weighted by molar-refractivity contribution is 5.43. The quantitative estimate of drug-likeness (QED) is 0.790. The van der Waals surface area contributed by atoms with Crippen LogP contribution in [0.4, 0.5) is 0 Å². The molecule has 1 atom stereocenters. The first-order chi connectivity index (χ1) is 7.33. The number of aromatic amines is 1. The van der Waals surface area contributed by atoms with E-state index in [9.17, 15) is 0 Å². The van der Waals surface area contributed by atoms with Gasteiger partial charge in [-0.2, -0.15) is 0 Å². The number of aliphatic hydroxyl groups is 1. The molecule has 1 unspecified atom stereocenters. The van der Waals surface area contributed by atoms with Gasteiger partial charge in [0, 0.05) is 37.4 Å². The van der Waals surface area contributed by atoms with E-state index in [1.807, 2.05) is 17.7 Å². The molecule has 0 saturated carbocycles. The van der Waals surface area contributed by atoms with Crippen molar-refractivity contribution < 1.29 is 5.11 Å². The molecule has 80 valence electrons. The summed E-state index contributed by atoms with van der Waals surface area (Å²) in [4.78, 5) is 11.4. The van der Waals surface area contributed by atoms with Crippen LogP contribution in [0.3, 0.4) is 0 Å². The Morgan fingerprint density at radius 2 is 2.33 bits per heavy atom. The number of H-pyrrole nitrogens is 1. The van der Waals surface area contributed by atoms with E-state index >= 15 is 0 Å². The molecule has 0 bridgehead atoms. The van der Waals surface area contributed by atoms with Crippen LogP contribution in [0.5, 0.6) is 0 Å². The average molecular weight is 206 g/mol. The van der Waals surface area contributed by atoms with Crippen LogP contribution in [0.25, 0.3) is 11.6 Å². The number of hydrogen-bond acceptors (Lipinski definition) is 3. The van der Waals surface area contributed by atoms with Crippen molar-refractivity contribution in [1.82, 2.24) is 19.5 Å². The summed E-state index contributed by atoms with van der Waals surface area (Å²) in [6.07, 6.45) is 7.82. The average Bonchev–Trinajstić information content (AvgIpc) is 2.88. The number of nitrogens with zero attached hydrogens (tertiary/aromatic N) is 3. The summed E-state index contributed by atoms with van der Waals surface area (Å²) in [7, 11) is 0. The van der Waals surface area contributed by atoms with Gasteiger partial charge in [0.25, 0.3) is 0 Å².